The van der Waals surface area contributed by atoms with Crippen molar-refractivity contribution >= 4 is 21.6 Å². The molecule has 9 heteroatoms. The molecule has 1 fully saturated rings. The lowest BCUT2D eigenvalue weighted by Gasteiger charge is -2.30. The Morgan fingerprint density at radius 1 is 1.07 bits per heavy atom. The van der Waals surface area contributed by atoms with Gasteiger partial charge in [-0.05, 0) is 37.1 Å². The molecule has 0 unspecified atom stereocenters. The van der Waals surface area contributed by atoms with Crippen LogP contribution in [0.3, 0.4) is 0 Å². The van der Waals surface area contributed by atoms with Crippen LogP contribution in [0.5, 0.6) is 0 Å². The van der Waals surface area contributed by atoms with Crippen LogP contribution in [0, 0.1) is 11.7 Å². The second kappa shape index (κ2) is 7.91. The van der Waals surface area contributed by atoms with Gasteiger partial charge >= 0.3 is 0 Å². The molecule has 2 heterocycles. The van der Waals surface area contributed by atoms with Gasteiger partial charge in [0, 0.05) is 19.0 Å². The van der Waals surface area contributed by atoms with E-state index in [9.17, 15) is 17.6 Å². The molecule has 1 aliphatic rings. The minimum absolute atomic E-state index is 0.0417. The summed E-state index contributed by atoms with van der Waals surface area (Å²) in [7, 11) is -4.01. The highest BCUT2D eigenvalue weighted by atomic mass is 32.2. The zero-order valence-electron chi connectivity index (χ0n) is 16.0. The van der Waals surface area contributed by atoms with Gasteiger partial charge in [-0.2, -0.15) is 4.98 Å². The molecule has 1 saturated heterocycles. The number of carbonyl (C=O) groups is 1. The first-order valence-corrected chi connectivity index (χ1v) is 11.0. The van der Waals surface area contributed by atoms with Gasteiger partial charge in [0.05, 0.1) is 10.5 Å². The molecule has 1 aromatic heterocycles. The average Bonchev–Trinajstić information content (AvgIpc) is 3.21. The number of carbonyl (C=O) groups excluding carboxylic acids is 1. The van der Waals surface area contributed by atoms with Crippen LogP contribution in [0.4, 0.5) is 10.3 Å². The first-order valence-electron chi connectivity index (χ1n) is 9.48. The highest BCUT2D eigenvalue weighted by molar-refractivity contribution is 7.91. The molecule has 30 heavy (non-hydrogen) atoms. The first-order chi connectivity index (χ1) is 14.4. The predicted octanol–water partition coefficient (Wildman–Crippen LogP) is 3.02. The maximum atomic E-state index is 14.3. The van der Waals surface area contributed by atoms with Crippen LogP contribution in [-0.4, -0.2) is 32.4 Å². The van der Waals surface area contributed by atoms with Gasteiger partial charge in [-0.15, -0.1) is 0 Å². The summed E-state index contributed by atoms with van der Waals surface area (Å²) >= 11 is 0. The molecular formula is C21H20FN3O4S. The van der Waals surface area contributed by atoms with Gasteiger partial charge in [0.15, 0.2) is 0 Å². The number of benzene rings is 2. The molecular weight excluding hydrogens is 409 g/mol. The molecule has 4 rings (SSSR count). The largest absolute Gasteiger partial charge is 0.419 e. The Morgan fingerprint density at radius 2 is 1.70 bits per heavy atom. The number of halogens is 1. The number of primary amides is 1. The summed E-state index contributed by atoms with van der Waals surface area (Å²) < 4.78 is 46.7. The Labute approximate surface area is 173 Å². The van der Waals surface area contributed by atoms with E-state index in [0.717, 1.165) is 0 Å². The van der Waals surface area contributed by atoms with Crippen molar-refractivity contribution in [3.05, 3.63) is 60.4 Å². The quantitative estimate of drug-likeness (QED) is 0.668. The minimum atomic E-state index is -4.01. The predicted molar refractivity (Wildman–Crippen MR) is 108 cm³/mol. The molecule has 0 atom stereocenters. The molecule has 0 saturated carbocycles. The highest BCUT2D eigenvalue weighted by Gasteiger charge is 2.34. The topological polar surface area (TPSA) is 106 Å². The van der Waals surface area contributed by atoms with E-state index in [1.807, 2.05) is 0 Å². The number of hydrogen-bond acceptors (Lipinski definition) is 6. The second-order valence-electron chi connectivity index (χ2n) is 7.09. The number of aromatic nitrogens is 1. The minimum Gasteiger partial charge on any atom is -0.419 e. The first kappa shape index (κ1) is 20.1. The summed E-state index contributed by atoms with van der Waals surface area (Å²) in [5.41, 5.74) is 5.46. The van der Waals surface area contributed by atoms with Gasteiger partial charge in [-0.25, -0.2) is 12.8 Å². The van der Waals surface area contributed by atoms with E-state index < -0.39 is 15.7 Å². The number of anilines is 1. The third-order valence-corrected chi connectivity index (χ3v) is 6.84. The summed E-state index contributed by atoms with van der Waals surface area (Å²) in [6.45, 7) is 0.744. The Hall–Kier alpha value is -3.20. The lowest BCUT2D eigenvalue weighted by molar-refractivity contribution is -0.122. The summed E-state index contributed by atoms with van der Waals surface area (Å²) in [4.78, 5) is 17.4. The molecule has 156 valence electrons. The second-order valence-corrected chi connectivity index (χ2v) is 8.95. The Kier molecular flexibility index (Phi) is 5.29. The smallest absolute Gasteiger partial charge is 0.236 e. The number of piperidine rings is 1. The molecule has 1 amide bonds. The zero-order valence-corrected chi connectivity index (χ0v) is 16.8. The van der Waals surface area contributed by atoms with Gasteiger partial charge in [0.1, 0.15) is 5.82 Å². The number of rotatable bonds is 5. The summed E-state index contributed by atoms with van der Waals surface area (Å²) in [5, 5.41) is -0.274. The zero-order chi connectivity index (χ0) is 21.3. The summed E-state index contributed by atoms with van der Waals surface area (Å²) in [5.74, 6) is -1.29. The summed E-state index contributed by atoms with van der Waals surface area (Å²) in [6, 6.07) is 13.7. The fourth-order valence-corrected chi connectivity index (χ4v) is 4.84. The third-order valence-electron chi connectivity index (χ3n) is 5.18. The van der Waals surface area contributed by atoms with Crippen molar-refractivity contribution in [1.82, 2.24) is 4.98 Å². The number of oxazole rings is 1. The van der Waals surface area contributed by atoms with Gasteiger partial charge in [-0.1, -0.05) is 30.3 Å². The highest BCUT2D eigenvalue weighted by Crippen LogP contribution is 2.36. The fraction of sp³-hybridized carbons (Fsp3) is 0.238. The number of amides is 1. The van der Waals surface area contributed by atoms with Crippen molar-refractivity contribution in [2.45, 2.75) is 22.8 Å². The lowest BCUT2D eigenvalue weighted by Crippen LogP contribution is -2.38. The molecule has 7 nitrogen and oxygen atoms in total. The average molecular weight is 429 g/mol. The molecule has 0 radical (unpaired) electrons. The fourth-order valence-electron chi connectivity index (χ4n) is 3.50. The molecule has 3 aromatic rings. The van der Waals surface area contributed by atoms with Crippen molar-refractivity contribution < 1.29 is 22.0 Å². The van der Waals surface area contributed by atoms with Crippen LogP contribution in [-0.2, 0) is 14.6 Å². The van der Waals surface area contributed by atoms with Gasteiger partial charge < -0.3 is 15.1 Å². The van der Waals surface area contributed by atoms with E-state index >= 15 is 0 Å². The van der Waals surface area contributed by atoms with Crippen molar-refractivity contribution in [3.63, 3.8) is 0 Å². The number of sulfone groups is 1. The van der Waals surface area contributed by atoms with E-state index in [4.69, 9.17) is 10.2 Å². The van der Waals surface area contributed by atoms with E-state index in [1.54, 1.807) is 29.2 Å². The third kappa shape index (κ3) is 3.68. The SMILES string of the molecule is NC(=O)C1CCN(c2oc(-c3ccccc3F)nc2S(=O)(=O)c2ccccc2)CC1. The lowest BCUT2D eigenvalue weighted by atomic mass is 9.96. The Bertz CT molecular complexity index is 1170. The van der Waals surface area contributed by atoms with Crippen LogP contribution in [0.15, 0.2) is 68.9 Å². The van der Waals surface area contributed by atoms with E-state index in [0.29, 0.717) is 25.9 Å². The van der Waals surface area contributed by atoms with Crippen LogP contribution in [0.1, 0.15) is 12.8 Å². The van der Waals surface area contributed by atoms with Crippen LogP contribution < -0.4 is 10.6 Å². The van der Waals surface area contributed by atoms with Gasteiger partial charge in [0.2, 0.25) is 32.5 Å². The maximum absolute atomic E-state index is 14.3. The Morgan fingerprint density at radius 3 is 2.33 bits per heavy atom. The molecule has 0 bridgehead atoms. The van der Waals surface area contributed by atoms with E-state index in [-0.39, 0.29) is 39.1 Å². The molecule has 2 N–H and O–H groups in total. The van der Waals surface area contributed by atoms with Crippen LogP contribution in [0.25, 0.3) is 11.5 Å². The molecule has 0 aliphatic carbocycles. The van der Waals surface area contributed by atoms with Crippen molar-refractivity contribution in [3.8, 4) is 11.5 Å². The van der Waals surface area contributed by atoms with Gasteiger partial charge in [0.25, 0.3) is 0 Å². The molecule has 1 aliphatic heterocycles. The maximum Gasteiger partial charge on any atom is 0.236 e. The van der Waals surface area contributed by atoms with Crippen molar-refractivity contribution in [2.24, 2.45) is 11.7 Å². The number of nitrogens with two attached hydrogens (primary N) is 1. The van der Waals surface area contributed by atoms with Gasteiger partial charge in [-0.3, -0.25) is 4.79 Å². The number of nitrogens with zero attached hydrogens (tertiary/aromatic N) is 2. The summed E-state index contributed by atoms with van der Waals surface area (Å²) in [6.07, 6.45) is 0.936. The normalized spacial score (nSPS) is 15.3. The monoisotopic (exact) mass is 429 g/mol. The van der Waals surface area contributed by atoms with Crippen LogP contribution in [0.2, 0.25) is 0 Å². The Balaban J connectivity index is 1.80. The van der Waals surface area contributed by atoms with Crippen molar-refractivity contribution in [2.75, 3.05) is 18.0 Å². The standard InChI is InChI=1S/C21H20FN3O4S/c22-17-9-5-4-8-16(17)19-24-20(30(27,28)15-6-2-1-3-7-15)21(29-19)25-12-10-14(11-13-25)18(23)26/h1-9,14H,10-13H2,(H2,23,26). The number of hydrogen-bond donors (Lipinski definition) is 1. The van der Waals surface area contributed by atoms with Crippen molar-refractivity contribution in [1.29, 1.82) is 0 Å². The van der Waals surface area contributed by atoms with E-state index in [1.165, 1.54) is 30.3 Å². The molecule has 0 spiro atoms. The molecule has 2 aromatic carbocycles. The van der Waals surface area contributed by atoms with Crippen LogP contribution >= 0.6 is 0 Å². The van der Waals surface area contributed by atoms with E-state index in [2.05, 4.69) is 4.98 Å².